The van der Waals surface area contributed by atoms with E-state index < -0.39 is 12.1 Å². The van der Waals surface area contributed by atoms with E-state index in [4.69, 9.17) is 5.73 Å². The Morgan fingerprint density at radius 1 is 1.29 bits per heavy atom. The molecular weight excluding hydrogens is 306 g/mol. The lowest BCUT2D eigenvalue weighted by molar-refractivity contribution is -0.133. The van der Waals surface area contributed by atoms with Crippen LogP contribution in [-0.2, 0) is 11.3 Å². The van der Waals surface area contributed by atoms with Crippen LogP contribution in [0, 0.1) is 5.92 Å². The highest BCUT2D eigenvalue weighted by Gasteiger charge is 2.26. The average Bonchev–Trinajstić information content (AvgIpc) is 3.06. The molecule has 0 aliphatic carbocycles. The van der Waals surface area contributed by atoms with Crippen LogP contribution in [0.15, 0.2) is 42.7 Å². The van der Waals surface area contributed by atoms with Crippen molar-refractivity contribution in [1.82, 2.24) is 20.0 Å². The number of benzene rings is 1. The summed E-state index contributed by atoms with van der Waals surface area (Å²) in [6.07, 6.45) is 3.59. The van der Waals surface area contributed by atoms with Gasteiger partial charge in [-0.25, -0.2) is 9.48 Å². The highest BCUT2D eigenvalue weighted by atomic mass is 16.2. The molecule has 0 unspecified atom stereocenters. The van der Waals surface area contributed by atoms with Crippen LogP contribution >= 0.6 is 0 Å². The van der Waals surface area contributed by atoms with Gasteiger partial charge in [-0.2, -0.15) is 5.10 Å². The average molecular weight is 329 g/mol. The number of likely N-dealkylation sites (N-methyl/N-ethyl adjacent to an activating group) is 1. The van der Waals surface area contributed by atoms with Crippen LogP contribution < -0.4 is 11.1 Å². The fraction of sp³-hybridized carbons (Fsp3) is 0.353. The molecule has 0 saturated carbocycles. The second-order valence-corrected chi connectivity index (χ2v) is 6.04. The topological polar surface area (TPSA) is 93.2 Å². The number of carbonyl (C=O) groups excluding carboxylic acids is 2. The van der Waals surface area contributed by atoms with E-state index in [0.717, 1.165) is 11.3 Å². The van der Waals surface area contributed by atoms with Gasteiger partial charge in [0.25, 0.3) is 0 Å². The molecule has 1 atom stereocenters. The third-order valence-electron chi connectivity index (χ3n) is 3.73. The van der Waals surface area contributed by atoms with E-state index >= 15 is 0 Å². The summed E-state index contributed by atoms with van der Waals surface area (Å²) in [7, 11) is 1.71. The van der Waals surface area contributed by atoms with Gasteiger partial charge < -0.3 is 16.0 Å². The first-order valence-electron chi connectivity index (χ1n) is 7.78. The Morgan fingerprint density at radius 3 is 2.46 bits per heavy atom. The number of nitrogens with two attached hydrogens (primary N) is 1. The van der Waals surface area contributed by atoms with E-state index in [-0.39, 0.29) is 11.8 Å². The lowest BCUT2D eigenvalue weighted by Gasteiger charge is -2.26. The smallest absolute Gasteiger partial charge is 0.312 e. The number of hydrogen-bond donors (Lipinski definition) is 2. The summed E-state index contributed by atoms with van der Waals surface area (Å²) in [5.74, 6) is -0.213. The first-order valence-corrected chi connectivity index (χ1v) is 7.78. The molecule has 2 aromatic rings. The zero-order valence-corrected chi connectivity index (χ0v) is 14.1. The minimum absolute atomic E-state index is 0.0466. The number of primary amides is 1. The molecule has 1 aromatic heterocycles. The molecule has 1 aromatic carbocycles. The van der Waals surface area contributed by atoms with Gasteiger partial charge >= 0.3 is 6.03 Å². The number of urea groups is 1. The normalized spacial score (nSPS) is 12.0. The lowest BCUT2D eigenvalue weighted by atomic mass is 10.0. The Hall–Kier alpha value is -2.83. The summed E-state index contributed by atoms with van der Waals surface area (Å²) in [6, 6.07) is 8.33. The van der Waals surface area contributed by atoms with E-state index in [1.807, 2.05) is 50.4 Å². The SMILES string of the molecule is CC(C)[C@@H](NC(N)=O)C(=O)N(C)Cc1ccc(-n2cccn2)cc1. The zero-order valence-electron chi connectivity index (χ0n) is 14.1. The van der Waals surface area contributed by atoms with Gasteiger partial charge in [-0.05, 0) is 29.7 Å². The summed E-state index contributed by atoms with van der Waals surface area (Å²) in [5, 5.41) is 6.69. The molecule has 1 heterocycles. The Kier molecular flexibility index (Phi) is 5.57. The summed E-state index contributed by atoms with van der Waals surface area (Å²) in [4.78, 5) is 25.2. The van der Waals surface area contributed by atoms with Crippen molar-refractivity contribution in [3.8, 4) is 5.69 Å². The van der Waals surface area contributed by atoms with Gasteiger partial charge in [0.05, 0.1) is 5.69 Å². The predicted molar refractivity (Wildman–Crippen MR) is 91.4 cm³/mol. The summed E-state index contributed by atoms with van der Waals surface area (Å²) in [6.45, 7) is 4.18. The van der Waals surface area contributed by atoms with E-state index in [9.17, 15) is 9.59 Å². The largest absolute Gasteiger partial charge is 0.352 e. The highest BCUT2D eigenvalue weighted by Crippen LogP contribution is 2.12. The Bertz CT molecular complexity index is 680. The molecule has 0 fully saturated rings. The number of nitrogens with one attached hydrogen (secondary N) is 1. The lowest BCUT2D eigenvalue weighted by Crippen LogP contribution is -2.51. The molecule has 3 amide bonds. The Labute approximate surface area is 141 Å². The van der Waals surface area contributed by atoms with Crippen molar-refractivity contribution in [2.75, 3.05) is 7.05 Å². The first-order chi connectivity index (χ1) is 11.4. The highest BCUT2D eigenvalue weighted by molar-refractivity contribution is 5.86. The quantitative estimate of drug-likeness (QED) is 0.841. The molecule has 0 aliphatic rings. The van der Waals surface area contributed by atoms with E-state index in [2.05, 4.69) is 10.4 Å². The van der Waals surface area contributed by atoms with Crippen LogP contribution in [0.1, 0.15) is 19.4 Å². The van der Waals surface area contributed by atoms with Crippen molar-refractivity contribution in [3.05, 3.63) is 48.3 Å². The Balaban J connectivity index is 2.03. The van der Waals surface area contributed by atoms with Crippen LogP contribution in [0.4, 0.5) is 4.79 Å². The maximum Gasteiger partial charge on any atom is 0.312 e. The minimum Gasteiger partial charge on any atom is -0.352 e. The van der Waals surface area contributed by atoms with Gasteiger partial charge in [0.15, 0.2) is 0 Å². The molecule has 0 radical (unpaired) electrons. The summed E-state index contributed by atoms with van der Waals surface area (Å²) >= 11 is 0. The summed E-state index contributed by atoms with van der Waals surface area (Å²) < 4.78 is 1.77. The van der Waals surface area contributed by atoms with Crippen LogP contribution in [0.2, 0.25) is 0 Å². The molecule has 0 spiro atoms. The third-order valence-corrected chi connectivity index (χ3v) is 3.73. The van der Waals surface area contributed by atoms with Crippen molar-refractivity contribution in [1.29, 1.82) is 0 Å². The van der Waals surface area contributed by atoms with Crippen molar-refractivity contribution in [2.45, 2.75) is 26.4 Å². The molecule has 3 N–H and O–H groups in total. The van der Waals surface area contributed by atoms with Crippen molar-refractivity contribution >= 4 is 11.9 Å². The molecule has 7 nitrogen and oxygen atoms in total. The number of carbonyl (C=O) groups is 2. The van der Waals surface area contributed by atoms with Gasteiger partial charge in [0.2, 0.25) is 5.91 Å². The first kappa shape index (κ1) is 17.5. The van der Waals surface area contributed by atoms with Crippen molar-refractivity contribution in [3.63, 3.8) is 0 Å². The van der Waals surface area contributed by atoms with Crippen LogP contribution in [0.3, 0.4) is 0 Å². The maximum absolute atomic E-state index is 12.5. The number of nitrogens with zero attached hydrogens (tertiary/aromatic N) is 3. The minimum atomic E-state index is -0.695. The van der Waals surface area contributed by atoms with Gasteiger partial charge in [0.1, 0.15) is 6.04 Å². The second kappa shape index (κ2) is 7.63. The molecule has 0 bridgehead atoms. The molecular formula is C17H23N5O2. The predicted octanol–water partition coefficient (Wildman–Crippen LogP) is 1.52. The van der Waals surface area contributed by atoms with E-state index in [1.165, 1.54) is 0 Å². The van der Waals surface area contributed by atoms with Gasteiger partial charge in [-0.15, -0.1) is 0 Å². The van der Waals surface area contributed by atoms with E-state index in [1.54, 1.807) is 22.8 Å². The summed E-state index contributed by atoms with van der Waals surface area (Å²) in [5.41, 5.74) is 7.10. The molecule has 0 aliphatic heterocycles. The molecule has 0 saturated heterocycles. The van der Waals surface area contributed by atoms with E-state index in [0.29, 0.717) is 6.54 Å². The number of amides is 3. The Morgan fingerprint density at radius 2 is 1.96 bits per heavy atom. The van der Waals surface area contributed by atoms with Crippen molar-refractivity contribution in [2.24, 2.45) is 11.7 Å². The zero-order chi connectivity index (χ0) is 17.7. The van der Waals surface area contributed by atoms with Gasteiger partial charge in [-0.3, -0.25) is 4.79 Å². The maximum atomic E-state index is 12.5. The number of hydrogen-bond acceptors (Lipinski definition) is 3. The third kappa shape index (κ3) is 4.34. The fourth-order valence-corrected chi connectivity index (χ4v) is 2.43. The number of rotatable bonds is 6. The monoisotopic (exact) mass is 329 g/mol. The van der Waals surface area contributed by atoms with Gasteiger partial charge in [0, 0.05) is 26.0 Å². The standard InChI is InChI=1S/C17H23N5O2/c1-12(2)15(20-17(18)24)16(23)21(3)11-13-5-7-14(8-6-13)22-10-4-9-19-22/h4-10,12,15H,11H2,1-3H3,(H3,18,20,24)/t15-/m1/s1. The van der Waals surface area contributed by atoms with Crippen LogP contribution in [-0.4, -0.2) is 39.7 Å². The molecule has 2 rings (SSSR count). The fourth-order valence-electron chi connectivity index (χ4n) is 2.43. The van der Waals surface area contributed by atoms with Crippen molar-refractivity contribution < 1.29 is 9.59 Å². The number of aromatic nitrogens is 2. The molecule has 7 heteroatoms. The van der Waals surface area contributed by atoms with Gasteiger partial charge in [-0.1, -0.05) is 26.0 Å². The van der Waals surface area contributed by atoms with Crippen LogP contribution in [0.25, 0.3) is 5.69 Å². The van der Waals surface area contributed by atoms with Crippen LogP contribution in [0.5, 0.6) is 0 Å². The molecule has 128 valence electrons. The second-order valence-electron chi connectivity index (χ2n) is 6.04. The molecule has 24 heavy (non-hydrogen) atoms.